The highest BCUT2D eigenvalue weighted by molar-refractivity contribution is 5.94. The molecule has 1 heterocycles. The van der Waals surface area contributed by atoms with E-state index in [-0.39, 0.29) is 23.5 Å². The van der Waals surface area contributed by atoms with Crippen molar-refractivity contribution in [2.45, 2.75) is 45.1 Å². The number of carbonyl (C=O) groups excluding carboxylic acids is 1. The Bertz CT molecular complexity index is 534. The molecule has 1 N–H and O–H groups in total. The smallest absolute Gasteiger partial charge is 0.241 e. The molecular weight excluding hydrogens is 279 g/mol. The van der Waals surface area contributed by atoms with Gasteiger partial charge in [0.15, 0.2) is 0 Å². The van der Waals surface area contributed by atoms with Crippen LogP contribution in [0.1, 0.15) is 39.0 Å². The molecule has 22 heavy (non-hydrogen) atoms. The van der Waals surface area contributed by atoms with Crippen LogP contribution in [-0.4, -0.2) is 29.9 Å². The summed E-state index contributed by atoms with van der Waals surface area (Å²) in [4.78, 5) is 14.7. The molecule has 2 fully saturated rings. The molecular formula is C18H25FN2O. The van der Waals surface area contributed by atoms with Crippen LogP contribution in [0.5, 0.6) is 0 Å². The number of fused-ring (bicyclic) bond motifs is 1. The molecule has 1 saturated carbocycles. The van der Waals surface area contributed by atoms with Crippen molar-refractivity contribution in [3.63, 3.8) is 0 Å². The van der Waals surface area contributed by atoms with Gasteiger partial charge in [0.25, 0.3) is 0 Å². The second kappa shape index (κ2) is 6.78. The molecule has 3 atom stereocenters. The zero-order valence-electron chi connectivity index (χ0n) is 13.2. The lowest BCUT2D eigenvalue weighted by Gasteiger charge is -2.43. The Hall–Kier alpha value is -1.42. The van der Waals surface area contributed by atoms with E-state index in [4.69, 9.17) is 0 Å². The number of nitrogens with zero attached hydrogens (tertiary/aromatic N) is 1. The highest BCUT2D eigenvalue weighted by Crippen LogP contribution is 2.36. The first kappa shape index (κ1) is 15.5. The summed E-state index contributed by atoms with van der Waals surface area (Å²) < 4.78 is 13.6. The second-order valence-corrected chi connectivity index (χ2v) is 6.73. The summed E-state index contributed by atoms with van der Waals surface area (Å²) in [7, 11) is 0. The summed E-state index contributed by atoms with van der Waals surface area (Å²) in [5.41, 5.74) is 0.270. The van der Waals surface area contributed by atoms with Gasteiger partial charge in [-0.05, 0) is 50.3 Å². The number of para-hydroxylation sites is 1. The molecule has 1 amide bonds. The molecule has 0 bridgehead atoms. The molecule has 1 saturated heterocycles. The maximum Gasteiger partial charge on any atom is 0.241 e. The SMILES string of the molecule is C[C@H](C(=O)Nc1ccccc1F)N1CC[C@@H]2CCCC[C@@H]2C1. The quantitative estimate of drug-likeness (QED) is 0.924. The lowest BCUT2D eigenvalue weighted by atomic mass is 9.75. The van der Waals surface area contributed by atoms with Gasteiger partial charge in [0.1, 0.15) is 5.82 Å². The number of carbonyl (C=O) groups is 1. The Balaban J connectivity index is 1.60. The molecule has 120 valence electrons. The van der Waals surface area contributed by atoms with Gasteiger partial charge in [-0.3, -0.25) is 9.69 Å². The number of rotatable bonds is 3. The van der Waals surface area contributed by atoms with Gasteiger partial charge in [0, 0.05) is 6.54 Å². The van der Waals surface area contributed by atoms with Gasteiger partial charge < -0.3 is 5.32 Å². The fraction of sp³-hybridized carbons (Fsp3) is 0.611. The standard InChI is InChI=1S/C18H25FN2O/c1-13(18(22)20-17-9-5-4-8-16(17)19)21-11-10-14-6-2-3-7-15(14)12-21/h4-5,8-9,13-15H,2-3,6-7,10-12H2,1H3,(H,20,22)/t13-,14+,15-/m1/s1. The third kappa shape index (κ3) is 3.32. The second-order valence-electron chi connectivity index (χ2n) is 6.73. The number of halogens is 1. The number of piperidine rings is 1. The van der Waals surface area contributed by atoms with E-state index < -0.39 is 0 Å². The highest BCUT2D eigenvalue weighted by Gasteiger charge is 2.34. The van der Waals surface area contributed by atoms with Crippen LogP contribution >= 0.6 is 0 Å². The van der Waals surface area contributed by atoms with Crippen LogP contribution < -0.4 is 5.32 Å². The van der Waals surface area contributed by atoms with Crippen LogP contribution in [-0.2, 0) is 4.79 Å². The summed E-state index contributed by atoms with van der Waals surface area (Å²) in [5, 5.41) is 2.72. The summed E-state index contributed by atoms with van der Waals surface area (Å²) >= 11 is 0. The summed E-state index contributed by atoms with van der Waals surface area (Å²) in [6.45, 7) is 3.92. The van der Waals surface area contributed by atoms with Crippen molar-refractivity contribution in [1.29, 1.82) is 0 Å². The van der Waals surface area contributed by atoms with Crippen LogP contribution in [0.3, 0.4) is 0 Å². The number of likely N-dealkylation sites (tertiary alicyclic amines) is 1. The molecule has 0 spiro atoms. The van der Waals surface area contributed by atoms with Crippen molar-refractivity contribution in [1.82, 2.24) is 4.90 Å². The fourth-order valence-corrected chi connectivity index (χ4v) is 3.95. The van der Waals surface area contributed by atoms with Crippen LogP contribution in [0, 0.1) is 17.7 Å². The van der Waals surface area contributed by atoms with Gasteiger partial charge in [-0.2, -0.15) is 0 Å². The number of hydrogen-bond acceptors (Lipinski definition) is 2. The third-order valence-corrected chi connectivity index (χ3v) is 5.38. The largest absolute Gasteiger partial charge is 0.322 e. The lowest BCUT2D eigenvalue weighted by Crippen LogP contribution is -2.50. The Morgan fingerprint density at radius 2 is 1.95 bits per heavy atom. The molecule has 1 aromatic rings. The Morgan fingerprint density at radius 1 is 1.23 bits per heavy atom. The van der Waals surface area contributed by atoms with Crippen molar-refractivity contribution in [2.24, 2.45) is 11.8 Å². The van der Waals surface area contributed by atoms with Gasteiger partial charge in [0.05, 0.1) is 11.7 Å². The molecule has 3 rings (SSSR count). The highest BCUT2D eigenvalue weighted by atomic mass is 19.1. The van der Waals surface area contributed by atoms with Gasteiger partial charge >= 0.3 is 0 Å². The normalized spacial score (nSPS) is 27.0. The Kier molecular flexibility index (Phi) is 4.77. The maximum absolute atomic E-state index is 13.6. The van der Waals surface area contributed by atoms with Crippen LogP contribution in [0.2, 0.25) is 0 Å². The van der Waals surface area contributed by atoms with E-state index in [2.05, 4.69) is 10.2 Å². The predicted molar refractivity (Wildman–Crippen MR) is 86.1 cm³/mol. The predicted octanol–water partition coefficient (Wildman–Crippen LogP) is 3.66. The maximum atomic E-state index is 13.6. The van der Waals surface area contributed by atoms with Crippen molar-refractivity contribution < 1.29 is 9.18 Å². The first-order valence-corrected chi connectivity index (χ1v) is 8.44. The molecule has 2 aliphatic rings. The zero-order valence-corrected chi connectivity index (χ0v) is 13.2. The van der Waals surface area contributed by atoms with Gasteiger partial charge in [-0.25, -0.2) is 4.39 Å². The molecule has 4 heteroatoms. The minimum atomic E-state index is -0.381. The Morgan fingerprint density at radius 3 is 2.73 bits per heavy atom. The molecule has 0 unspecified atom stereocenters. The molecule has 1 aliphatic heterocycles. The molecule has 1 aromatic carbocycles. The number of benzene rings is 1. The van der Waals surface area contributed by atoms with Crippen LogP contribution in [0.25, 0.3) is 0 Å². The first-order chi connectivity index (χ1) is 10.6. The van der Waals surface area contributed by atoms with E-state index in [9.17, 15) is 9.18 Å². The molecule has 0 aromatic heterocycles. The van der Waals surface area contributed by atoms with E-state index in [1.54, 1.807) is 18.2 Å². The topological polar surface area (TPSA) is 32.3 Å². The van der Waals surface area contributed by atoms with Crippen molar-refractivity contribution >= 4 is 11.6 Å². The number of anilines is 1. The van der Waals surface area contributed by atoms with E-state index in [0.29, 0.717) is 0 Å². The van der Waals surface area contributed by atoms with Crippen LogP contribution in [0.15, 0.2) is 24.3 Å². The van der Waals surface area contributed by atoms with Gasteiger partial charge in [-0.1, -0.05) is 31.4 Å². The van der Waals surface area contributed by atoms with Crippen molar-refractivity contribution in [3.8, 4) is 0 Å². The molecule has 0 radical (unpaired) electrons. The summed E-state index contributed by atoms with van der Waals surface area (Å²) in [6, 6.07) is 6.13. The van der Waals surface area contributed by atoms with E-state index in [1.807, 2.05) is 6.92 Å². The number of amides is 1. The fourth-order valence-electron chi connectivity index (χ4n) is 3.95. The minimum Gasteiger partial charge on any atom is -0.322 e. The van der Waals surface area contributed by atoms with E-state index >= 15 is 0 Å². The van der Waals surface area contributed by atoms with Crippen molar-refractivity contribution in [3.05, 3.63) is 30.1 Å². The summed E-state index contributed by atoms with van der Waals surface area (Å²) in [5.74, 6) is 1.10. The molecule has 1 aliphatic carbocycles. The Labute approximate surface area is 131 Å². The van der Waals surface area contributed by atoms with Crippen LogP contribution in [0.4, 0.5) is 10.1 Å². The van der Waals surface area contributed by atoms with Gasteiger partial charge in [0.2, 0.25) is 5.91 Å². The third-order valence-electron chi connectivity index (χ3n) is 5.38. The monoisotopic (exact) mass is 304 g/mol. The van der Waals surface area contributed by atoms with Gasteiger partial charge in [-0.15, -0.1) is 0 Å². The summed E-state index contributed by atoms with van der Waals surface area (Å²) in [6.07, 6.45) is 6.54. The zero-order chi connectivity index (χ0) is 15.5. The number of hydrogen-bond donors (Lipinski definition) is 1. The molecule has 3 nitrogen and oxygen atoms in total. The first-order valence-electron chi connectivity index (χ1n) is 8.44. The minimum absolute atomic E-state index is 0.112. The average Bonchev–Trinajstić information content (AvgIpc) is 2.55. The lowest BCUT2D eigenvalue weighted by molar-refractivity contribution is -0.122. The average molecular weight is 304 g/mol. The van der Waals surface area contributed by atoms with E-state index in [1.165, 1.54) is 38.2 Å². The van der Waals surface area contributed by atoms with E-state index in [0.717, 1.165) is 24.9 Å². The van der Waals surface area contributed by atoms with Crippen molar-refractivity contribution in [2.75, 3.05) is 18.4 Å². The number of nitrogens with one attached hydrogen (secondary N) is 1.